The van der Waals surface area contributed by atoms with Gasteiger partial charge in [0.25, 0.3) is 5.91 Å². The lowest BCUT2D eigenvalue weighted by molar-refractivity contribution is 0.102. The molecule has 0 saturated heterocycles. The first-order valence-corrected chi connectivity index (χ1v) is 7.21. The van der Waals surface area contributed by atoms with Crippen LogP contribution in [0, 0.1) is 12.7 Å². The third-order valence-electron chi connectivity index (χ3n) is 3.40. The highest BCUT2D eigenvalue weighted by Gasteiger charge is 2.15. The van der Waals surface area contributed by atoms with Gasteiger partial charge in [-0.05, 0) is 31.2 Å². The Morgan fingerprint density at radius 3 is 2.71 bits per heavy atom. The second kappa shape index (κ2) is 6.49. The molecule has 0 radical (unpaired) electrons. The number of carbonyl (C=O) groups is 1. The summed E-state index contributed by atoms with van der Waals surface area (Å²) < 4.78 is 20.3. The van der Waals surface area contributed by atoms with E-state index >= 15 is 0 Å². The van der Waals surface area contributed by atoms with Gasteiger partial charge in [0.05, 0.1) is 19.0 Å². The largest absolute Gasteiger partial charge is 0.481 e. The van der Waals surface area contributed by atoms with Crippen LogP contribution in [0.5, 0.6) is 5.88 Å². The minimum absolute atomic E-state index is 0.187. The topological polar surface area (TPSA) is 69.0 Å². The smallest absolute Gasteiger partial charge is 0.276 e. The third-order valence-corrected chi connectivity index (χ3v) is 3.40. The number of ether oxygens (including phenoxy) is 1. The van der Waals surface area contributed by atoms with E-state index in [0.717, 1.165) is 0 Å². The van der Waals surface area contributed by atoms with Gasteiger partial charge in [0.2, 0.25) is 5.88 Å². The molecule has 3 aromatic rings. The maximum atomic E-state index is 13.9. The van der Waals surface area contributed by atoms with Gasteiger partial charge in [-0.25, -0.2) is 14.1 Å². The average Bonchev–Trinajstić information content (AvgIpc) is 2.98. The number of rotatable bonds is 4. The summed E-state index contributed by atoms with van der Waals surface area (Å²) in [5.41, 5.74) is 1.64. The van der Waals surface area contributed by atoms with Crippen molar-refractivity contribution in [2.75, 3.05) is 12.4 Å². The Balaban J connectivity index is 1.83. The summed E-state index contributed by atoms with van der Waals surface area (Å²) in [5.74, 6) is -0.358. The molecule has 0 aliphatic carbocycles. The summed E-state index contributed by atoms with van der Waals surface area (Å²) >= 11 is 0. The van der Waals surface area contributed by atoms with Crippen LogP contribution in [0.3, 0.4) is 0 Å². The molecule has 0 unspecified atom stereocenters. The number of aryl methyl sites for hydroxylation is 1. The predicted molar refractivity (Wildman–Crippen MR) is 87.0 cm³/mol. The summed E-state index contributed by atoms with van der Waals surface area (Å²) in [6.07, 6.45) is 1.48. The molecule has 24 heavy (non-hydrogen) atoms. The quantitative estimate of drug-likeness (QED) is 0.800. The molecule has 2 aromatic heterocycles. The zero-order chi connectivity index (χ0) is 17.1. The van der Waals surface area contributed by atoms with Gasteiger partial charge in [0.15, 0.2) is 5.69 Å². The predicted octanol–water partition coefficient (Wildman–Crippen LogP) is 2.98. The molecule has 0 fully saturated rings. The third kappa shape index (κ3) is 3.10. The maximum Gasteiger partial charge on any atom is 0.276 e. The summed E-state index contributed by atoms with van der Waals surface area (Å²) in [6, 6.07) is 11.2. The second-order valence-corrected chi connectivity index (χ2v) is 5.08. The van der Waals surface area contributed by atoms with Gasteiger partial charge in [-0.15, -0.1) is 0 Å². The van der Waals surface area contributed by atoms with Crippen LogP contribution in [0.2, 0.25) is 0 Å². The Labute approximate surface area is 137 Å². The molecule has 0 bridgehead atoms. The van der Waals surface area contributed by atoms with E-state index in [1.165, 1.54) is 24.1 Å². The van der Waals surface area contributed by atoms with Crippen LogP contribution in [0.25, 0.3) is 5.69 Å². The van der Waals surface area contributed by atoms with Gasteiger partial charge in [-0.2, -0.15) is 5.10 Å². The van der Waals surface area contributed by atoms with Crippen LogP contribution in [-0.2, 0) is 0 Å². The monoisotopic (exact) mass is 326 g/mol. The number of nitrogens with zero attached hydrogens (tertiary/aromatic N) is 3. The molecule has 6 nitrogen and oxygen atoms in total. The Hall–Kier alpha value is -3.22. The Kier molecular flexibility index (Phi) is 4.24. The summed E-state index contributed by atoms with van der Waals surface area (Å²) in [4.78, 5) is 16.3. The number of hydrogen-bond acceptors (Lipinski definition) is 4. The van der Waals surface area contributed by atoms with Gasteiger partial charge in [0.1, 0.15) is 11.5 Å². The molecule has 0 atom stereocenters. The maximum absolute atomic E-state index is 13.9. The summed E-state index contributed by atoms with van der Waals surface area (Å²) in [5, 5.41) is 6.88. The van der Waals surface area contributed by atoms with Crippen LogP contribution < -0.4 is 10.1 Å². The van der Waals surface area contributed by atoms with Crippen molar-refractivity contribution in [3.8, 4) is 11.6 Å². The van der Waals surface area contributed by atoms with Gasteiger partial charge < -0.3 is 10.1 Å². The first-order valence-electron chi connectivity index (χ1n) is 7.21. The van der Waals surface area contributed by atoms with E-state index in [1.54, 1.807) is 43.3 Å². The number of aromatic nitrogens is 3. The number of carbonyl (C=O) groups excluding carboxylic acids is 1. The van der Waals surface area contributed by atoms with Crippen molar-refractivity contribution in [3.63, 3.8) is 0 Å². The molecule has 0 aliphatic rings. The number of para-hydroxylation sites is 1. The molecule has 2 heterocycles. The molecule has 3 rings (SSSR count). The van der Waals surface area contributed by atoms with Gasteiger partial charge in [0, 0.05) is 11.8 Å². The number of amides is 1. The van der Waals surface area contributed by atoms with Crippen molar-refractivity contribution in [3.05, 3.63) is 65.9 Å². The fraction of sp³-hybridized carbons (Fsp3) is 0.118. The molecule has 122 valence electrons. The van der Waals surface area contributed by atoms with Gasteiger partial charge in [-0.1, -0.05) is 12.1 Å². The van der Waals surface area contributed by atoms with E-state index in [-0.39, 0.29) is 5.69 Å². The van der Waals surface area contributed by atoms with E-state index in [2.05, 4.69) is 15.4 Å². The standard InChI is InChI=1S/C17H15FN4O2/c1-11-9-14(21-22(11)15-6-4-3-5-13(15)18)17(23)20-12-7-8-16(24-2)19-10-12/h3-10H,1-2H3,(H,20,23). The summed E-state index contributed by atoms with van der Waals surface area (Å²) in [6.45, 7) is 1.76. The molecule has 1 aromatic carbocycles. The fourth-order valence-corrected chi connectivity index (χ4v) is 2.22. The van der Waals surface area contributed by atoms with Crippen LogP contribution in [0.4, 0.5) is 10.1 Å². The number of methoxy groups -OCH3 is 1. The second-order valence-electron chi connectivity index (χ2n) is 5.08. The van der Waals surface area contributed by atoms with Crippen LogP contribution in [0.15, 0.2) is 48.7 Å². The first kappa shape index (κ1) is 15.7. The van der Waals surface area contributed by atoms with Crippen molar-refractivity contribution >= 4 is 11.6 Å². The minimum Gasteiger partial charge on any atom is -0.481 e. The van der Waals surface area contributed by atoms with E-state index in [1.807, 2.05) is 0 Å². The number of benzene rings is 1. The van der Waals surface area contributed by atoms with Crippen LogP contribution >= 0.6 is 0 Å². The number of hydrogen-bond donors (Lipinski definition) is 1. The van der Waals surface area contributed by atoms with Crippen LogP contribution in [0.1, 0.15) is 16.2 Å². The molecule has 0 aliphatic heterocycles. The van der Waals surface area contributed by atoms with Crippen molar-refractivity contribution in [1.29, 1.82) is 0 Å². The van der Waals surface area contributed by atoms with Crippen molar-refractivity contribution in [1.82, 2.24) is 14.8 Å². The zero-order valence-electron chi connectivity index (χ0n) is 13.2. The average molecular weight is 326 g/mol. The zero-order valence-corrected chi connectivity index (χ0v) is 13.2. The van der Waals surface area contributed by atoms with Gasteiger partial charge >= 0.3 is 0 Å². The SMILES string of the molecule is COc1ccc(NC(=O)c2cc(C)n(-c3ccccc3F)n2)cn1. The number of nitrogens with one attached hydrogen (secondary N) is 1. The molecule has 1 amide bonds. The number of pyridine rings is 1. The van der Waals surface area contributed by atoms with Crippen molar-refractivity contribution in [2.45, 2.75) is 6.92 Å². The lowest BCUT2D eigenvalue weighted by Gasteiger charge is -2.05. The van der Waals surface area contributed by atoms with Gasteiger partial charge in [-0.3, -0.25) is 4.79 Å². The summed E-state index contributed by atoms with van der Waals surface area (Å²) in [7, 11) is 1.51. The minimum atomic E-state index is -0.407. The van der Waals surface area contributed by atoms with E-state index in [0.29, 0.717) is 22.9 Å². The Morgan fingerprint density at radius 1 is 1.25 bits per heavy atom. The first-order chi connectivity index (χ1) is 11.6. The Morgan fingerprint density at radius 2 is 2.04 bits per heavy atom. The number of halogens is 1. The molecule has 0 spiro atoms. The Bertz CT molecular complexity index is 875. The van der Waals surface area contributed by atoms with Crippen molar-refractivity contribution in [2.24, 2.45) is 0 Å². The lowest BCUT2D eigenvalue weighted by Crippen LogP contribution is -2.13. The highest BCUT2D eigenvalue weighted by Crippen LogP contribution is 2.17. The van der Waals surface area contributed by atoms with E-state index in [4.69, 9.17) is 4.74 Å². The van der Waals surface area contributed by atoms with Crippen molar-refractivity contribution < 1.29 is 13.9 Å². The molecule has 0 saturated carbocycles. The fourth-order valence-electron chi connectivity index (χ4n) is 2.22. The van der Waals surface area contributed by atoms with E-state index < -0.39 is 11.7 Å². The number of anilines is 1. The highest BCUT2D eigenvalue weighted by molar-refractivity contribution is 6.02. The highest BCUT2D eigenvalue weighted by atomic mass is 19.1. The molecule has 7 heteroatoms. The molecular formula is C17H15FN4O2. The molecule has 1 N–H and O–H groups in total. The van der Waals surface area contributed by atoms with E-state index in [9.17, 15) is 9.18 Å². The van der Waals surface area contributed by atoms with Crippen LogP contribution in [-0.4, -0.2) is 27.8 Å². The lowest BCUT2D eigenvalue weighted by atomic mass is 10.3. The normalized spacial score (nSPS) is 10.5. The molecular weight excluding hydrogens is 311 g/mol.